The van der Waals surface area contributed by atoms with Crippen molar-refractivity contribution in [2.75, 3.05) is 51.0 Å². The number of likely N-dealkylation sites (N-methyl/N-ethyl adjacent to an activating group) is 1. The molecule has 1 amide bonds. The maximum Gasteiger partial charge on any atom is 0.263 e. The van der Waals surface area contributed by atoms with E-state index in [0.29, 0.717) is 12.2 Å². The summed E-state index contributed by atoms with van der Waals surface area (Å²) in [7, 11) is -1.84. The van der Waals surface area contributed by atoms with Crippen LogP contribution in [0, 0.1) is 13.8 Å². The number of halogens is 1. The number of rotatable bonds is 8. The van der Waals surface area contributed by atoms with Gasteiger partial charge in [0.2, 0.25) is 0 Å². The van der Waals surface area contributed by atoms with E-state index in [1.54, 1.807) is 6.07 Å². The highest BCUT2D eigenvalue weighted by atomic mass is 35.5. The second-order valence-electron chi connectivity index (χ2n) is 8.32. The van der Waals surface area contributed by atoms with E-state index >= 15 is 0 Å². The van der Waals surface area contributed by atoms with Crippen LogP contribution in [0.1, 0.15) is 27.9 Å². The predicted molar refractivity (Wildman–Crippen MR) is 129 cm³/mol. The fraction of sp³-hybridized carbons (Fsp3) is 0.435. The van der Waals surface area contributed by atoms with Gasteiger partial charge in [0.1, 0.15) is 4.90 Å². The third-order valence-corrected chi connectivity index (χ3v) is 7.50. The standard InChI is InChI=1S/C23H31ClN4O3S/c1-17-5-6-18(2)21(15-17)26-32(30,31)22-16-19(7-8-20(22)24)23(29)25-9-4-10-28-13-11-27(3)12-14-28/h5-8,15-16,26H,4,9-14H2,1-3H3,(H,25,29). The van der Waals surface area contributed by atoms with E-state index in [0.717, 1.165) is 50.3 Å². The lowest BCUT2D eigenvalue weighted by molar-refractivity contribution is 0.0949. The number of carbonyl (C=O) groups excluding carboxylic acids is 1. The van der Waals surface area contributed by atoms with Gasteiger partial charge in [-0.2, -0.15) is 0 Å². The first kappa shape index (κ1) is 24.5. The minimum Gasteiger partial charge on any atom is -0.352 e. The first-order chi connectivity index (χ1) is 15.2. The zero-order valence-electron chi connectivity index (χ0n) is 18.8. The molecule has 1 aliphatic heterocycles. The van der Waals surface area contributed by atoms with Crippen LogP contribution in [0.5, 0.6) is 0 Å². The maximum atomic E-state index is 13.0. The third-order valence-electron chi connectivity index (χ3n) is 5.65. The smallest absolute Gasteiger partial charge is 0.263 e. The Morgan fingerprint density at radius 3 is 2.50 bits per heavy atom. The molecule has 32 heavy (non-hydrogen) atoms. The van der Waals surface area contributed by atoms with Gasteiger partial charge in [0.05, 0.1) is 10.7 Å². The Morgan fingerprint density at radius 1 is 1.06 bits per heavy atom. The van der Waals surface area contributed by atoms with Gasteiger partial charge in [-0.25, -0.2) is 8.42 Å². The fourth-order valence-electron chi connectivity index (χ4n) is 3.57. The quantitative estimate of drug-likeness (QED) is 0.570. The first-order valence-corrected chi connectivity index (χ1v) is 12.6. The van der Waals surface area contributed by atoms with Crippen molar-refractivity contribution >= 4 is 33.2 Å². The fourth-order valence-corrected chi connectivity index (χ4v) is 5.22. The number of anilines is 1. The van der Waals surface area contributed by atoms with E-state index in [1.807, 2.05) is 26.0 Å². The predicted octanol–water partition coefficient (Wildman–Crippen LogP) is 3.12. The Bertz CT molecular complexity index is 1070. The van der Waals surface area contributed by atoms with E-state index in [-0.39, 0.29) is 21.4 Å². The molecule has 2 aromatic rings. The maximum absolute atomic E-state index is 13.0. The van der Waals surface area contributed by atoms with Crippen molar-refractivity contribution in [2.24, 2.45) is 0 Å². The minimum absolute atomic E-state index is 0.0643. The summed E-state index contributed by atoms with van der Waals surface area (Å²) < 4.78 is 28.6. The van der Waals surface area contributed by atoms with Gasteiger partial charge in [-0.05, 0) is 69.3 Å². The number of sulfonamides is 1. The molecule has 0 saturated carbocycles. The van der Waals surface area contributed by atoms with Gasteiger partial charge in [-0.3, -0.25) is 9.52 Å². The highest BCUT2D eigenvalue weighted by molar-refractivity contribution is 7.92. The van der Waals surface area contributed by atoms with Crippen molar-refractivity contribution in [3.63, 3.8) is 0 Å². The van der Waals surface area contributed by atoms with Gasteiger partial charge in [-0.1, -0.05) is 23.7 Å². The number of hydrogen-bond acceptors (Lipinski definition) is 5. The number of benzene rings is 2. The topological polar surface area (TPSA) is 81.7 Å². The monoisotopic (exact) mass is 478 g/mol. The molecule has 0 aromatic heterocycles. The van der Waals surface area contributed by atoms with Gasteiger partial charge in [-0.15, -0.1) is 0 Å². The molecule has 174 valence electrons. The summed E-state index contributed by atoms with van der Waals surface area (Å²) in [6.45, 7) is 9.36. The van der Waals surface area contributed by atoms with Crippen molar-refractivity contribution in [3.8, 4) is 0 Å². The second-order valence-corrected chi connectivity index (χ2v) is 10.4. The van der Waals surface area contributed by atoms with Crippen molar-refractivity contribution in [1.82, 2.24) is 15.1 Å². The number of piperazine rings is 1. The van der Waals surface area contributed by atoms with Crippen LogP contribution in [0.15, 0.2) is 41.3 Å². The normalized spacial score (nSPS) is 15.5. The first-order valence-electron chi connectivity index (χ1n) is 10.7. The molecular weight excluding hydrogens is 448 g/mol. The van der Waals surface area contributed by atoms with E-state index in [9.17, 15) is 13.2 Å². The lowest BCUT2D eigenvalue weighted by Gasteiger charge is -2.32. The summed E-state index contributed by atoms with van der Waals surface area (Å²) in [5.74, 6) is -0.316. The molecular formula is C23H31ClN4O3S. The summed E-state index contributed by atoms with van der Waals surface area (Å²) in [4.78, 5) is 17.2. The Hall–Kier alpha value is -2.13. The average Bonchev–Trinajstić information content (AvgIpc) is 2.75. The molecule has 1 aliphatic rings. The number of carbonyl (C=O) groups is 1. The van der Waals surface area contributed by atoms with Crippen LogP contribution in [0.25, 0.3) is 0 Å². The molecule has 0 bridgehead atoms. The lowest BCUT2D eigenvalue weighted by Crippen LogP contribution is -2.45. The summed E-state index contributed by atoms with van der Waals surface area (Å²) in [6.07, 6.45) is 0.836. The van der Waals surface area contributed by atoms with Crippen LogP contribution in [0.2, 0.25) is 5.02 Å². The van der Waals surface area contributed by atoms with E-state index in [1.165, 1.54) is 18.2 Å². The molecule has 2 aromatic carbocycles. The number of aryl methyl sites for hydroxylation is 2. The Morgan fingerprint density at radius 2 is 1.78 bits per heavy atom. The molecule has 0 aliphatic carbocycles. The molecule has 2 N–H and O–H groups in total. The molecule has 3 rings (SSSR count). The molecule has 1 fully saturated rings. The second kappa shape index (κ2) is 10.7. The van der Waals surface area contributed by atoms with Crippen molar-refractivity contribution in [2.45, 2.75) is 25.2 Å². The molecule has 0 atom stereocenters. The SMILES string of the molecule is Cc1ccc(C)c(NS(=O)(=O)c2cc(C(=O)NCCCN3CCN(C)CC3)ccc2Cl)c1. The number of hydrogen-bond donors (Lipinski definition) is 2. The summed E-state index contributed by atoms with van der Waals surface area (Å²) in [5, 5.41) is 2.94. The van der Waals surface area contributed by atoms with Crippen LogP contribution in [0.3, 0.4) is 0 Å². The Balaban J connectivity index is 1.62. The van der Waals surface area contributed by atoms with Crippen LogP contribution < -0.4 is 10.0 Å². The zero-order valence-corrected chi connectivity index (χ0v) is 20.4. The Kier molecular flexibility index (Phi) is 8.16. The molecule has 0 radical (unpaired) electrons. The summed E-state index contributed by atoms with van der Waals surface area (Å²) in [6, 6.07) is 9.83. The Labute approximate surface area is 195 Å². The van der Waals surface area contributed by atoms with Crippen molar-refractivity contribution < 1.29 is 13.2 Å². The molecule has 1 heterocycles. The van der Waals surface area contributed by atoms with Crippen molar-refractivity contribution in [3.05, 3.63) is 58.1 Å². The van der Waals surface area contributed by atoms with Gasteiger partial charge in [0.15, 0.2) is 0 Å². The van der Waals surface area contributed by atoms with Crippen LogP contribution in [0.4, 0.5) is 5.69 Å². The van der Waals surface area contributed by atoms with Gasteiger partial charge in [0.25, 0.3) is 15.9 Å². The average molecular weight is 479 g/mol. The van der Waals surface area contributed by atoms with Crippen LogP contribution >= 0.6 is 11.6 Å². The molecule has 0 unspecified atom stereocenters. The van der Waals surface area contributed by atoms with E-state index < -0.39 is 10.0 Å². The molecule has 1 saturated heterocycles. The highest BCUT2D eigenvalue weighted by Crippen LogP contribution is 2.26. The minimum atomic E-state index is -3.96. The van der Waals surface area contributed by atoms with E-state index in [4.69, 9.17) is 11.6 Å². The number of nitrogens with one attached hydrogen (secondary N) is 2. The van der Waals surface area contributed by atoms with Gasteiger partial charge < -0.3 is 15.1 Å². The number of amides is 1. The largest absolute Gasteiger partial charge is 0.352 e. The summed E-state index contributed by atoms with van der Waals surface area (Å²) >= 11 is 6.19. The highest BCUT2D eigenvalue weighted by Gasteiger charge is 2.21. The number of nitrogens with zero attached hydrogens (tertiary/aromatic N) is 2. The zero-order chi connectivity index (χ0) is 23.3. The van der Waals surface area contributed by atoms with Gasteiger partial charge >= 0.3 is 0 Å². The third kappa shape index (κ3) is 6.45. The van der Waals surface area contributed by atoms with Crippen LogP contribution in [-0.2, 0) is 10.0 Å². The molecule has 7 nitrogen and oxygen atoms in total. The van der Waals surface area contributed by atoms with Crippen LogP contribution in [-0.4, -0.2) is 70.4 Å². The lowest BCUT2D eigenvalue weighted by atomic mass is 10.1. The van der Waals surface area contributed by atoms with E-state index in [2.05, 4.69) is 26.9 Å². The van der Waals surface area contributed by atoms with Gasteiger partial charge in [0, 0.05) is 38.3 Å². The van der Waals surface area contributed by atoms with Crippen molar-refractivity contribution in [1.29, 1.82) is 0 Å². The molecule has 0 spiro atoms. The summed E-state index contributed by atoms with van der Waals surface area (Å²) in [5.41, 5.74) is 2.48. The molecule has 9 heteroatoms.